The van der Waals surface area contributed by atoms with Crippen molar-refractivity contribution in [1.29, 1.82) is 0 Å². The van der Waals surface area contributed by atoms with Gasteiger partial charge in [0.1, 0.15) is 0 Å². The maximum atomic E-state index is 4.75. The molecule has 5 rings (SSSR count). The average Bonchev–Trinajstić information content (AvgIpc) is 3.21. The monoisotopic (exact) mass is 801 g/mol. The van der Waals surface area contributed by atoms with E-state index in [2.05, 4.69) is 52.9 Å². The summed E-state index contributed by atoms with van der Waals surface area (Å²) in [6.45, 7) is 15.4. The molecule has 1 heterocycles. The Bertz CT molecular complexity index is 870. The van der Waals surface area contributed by atoms with Crippen LogP contribution < -0.4 is 21.2 Å². The first kappa shape index (κ1) is 26.9. The second-order valence-corrected chi connectivity index (χ2v) is 25.2. The SMILES string of the molecule is C=C(C1=CC=CI=C1)I(CC)[C@H](C)[C@H]1CC[C@H]2[C@@H]3CC[C@@H]4C[C@](C)([I-]C)CC[C@@H]4[C@H]3CC[C@]12C. The predicted molar refractivity (Wildman–Crippen MR) is 165 cm³/mol. The topological polar surface area (TPSA) is 0 Å². The first-order valence-corrected chi connectivity index (χ1v) is 23.5. The molecule has 0 radical (unpaired) electrons. The number of halogens is 3. The fraction of sp³-hybridized carbons (Fsp3) is 0.774. The molecule has 0 amide bonds. The Balaban J connectivity index is 1.31. The van der Waals surface area contributed by atoms with Crippen LogP contribution in [-0.2, 0) is 0 Å². The van der Waals surface area contributed by atoms with Gasteiger partial charge in [-0.25, -0.2) is 0 Å². The number of rotatable bonds is 6. The summed E-state index contributed by atoms with van der Waals surface area (Å²) >= 11 is -0.731. The van der Waals surface area contributed by atoms with E-state index in [1.54, 1.807) is 48.5 Å². The summed E-state index contributed by atoms with van der Waals surface area (Å²) in [5, 5.41) is 0. The molecule has 34 heavy (non-hydrogen) atoms. The van der Waals surface area contributed by atoms with Crippen molar-refractivity contribution in [2.45, 2.75) is 92.8 Å². The van der Waals surface area contributed by atoms with Crippen LogP contribution in [0.3, 0.4) is 0 Å². The van der Waals surface area contributed by atoms with E-state index in [0.29, 0.717) is 26.6 Å². The maximum absolute atomic E-state index is 4.75. The number of hydrogen-bond donors (Lipinski definition) is 0. The van der Waals surface area contributed by atoms with Crippen molar-refractivity contribution in [3.8, 4) is 0 Å². The number of hydrogen-bond acceptors (Lipinski definition) is 0. The van der Waals surface area contributed by atoms with Gasteiger partial charge in [-0.1, -0.05) is 0 Å². The van der Waals surface area contributed by atoms with E-state index in [-0.39, 0.29) is 20.7 Å². The van der Waals surface area contributed by atoms with Crippen molar-refractivity contribution in [2.24, 2.45) is 40.9 Å². The van der Waals surface area contributed by atoms with E-state index in [9.17, 15) is 0 Å². The zero-order chi connectivity index (χ0) is 24.1. The average molecular weight is 801 g/mol. The quantitative estimate of drug-likeness (QED) is 0.216. The summed E-state index contributed by atoms with van der Waals surface area (Å²) in [6.07, 6.45) is 18.7. The predicted octanol–water partition coefficient (Wildman–Crippen LogP) is 6.39. The van der Waals surface area contributed by atoms with Crippen LogP contribution in [0, 0.1) is 40.9 Å². The standard InChI is InChI=1S/C31H48I3/c1-7-34(21(2)24-9-8-18-33-20-24)22(3)28-12-13-29-27-11-10-23-19-30(4,32-6)16-14-25(23)26(27)15-17-31(28,29)5/h8-9,18,20,22-23,25-29H,2,7,10-17,19H2,1,3-6H3/q-1/t22-,23-,25+,26-,27-,28-,29+,30-,31-/m1/s1. The third-order valence-electron chi connectivity index (χ3n) is 11.2. The van der Waals surface area contributed by atoms with Gasteiger partial charge in [0.2, 0.25) is 0 Å². The second-order valence-electron chi connectivity index (χ2n) is 12.4. The van der Waals surface area contributed by atoms with Crippen LogP contribution in [0.5, 0.6) is 0 Å². The van der Waals surface area contributed by atoms with Crippen LogP contribution in [0.4, 0.5) is 0 Å². The molecule has 4 fully saturated rings. The molecule has 0 bridgehead atoms. The van der Waals surface area contributed by atoms with Crippen LogP contribution in [-0.4, -0.2) is 20.7 Å². The van der Waals surface area contributed by atoms with Crippen molar-refractivity contribution in [3.05, 3.63) is 32.0 Å². The van der Waals surface area contributed by atoms with Gasteiger partial charge in [-0.2, -0.15) is 0 Å². The fourth-order valence-electron chi connectivity index (χ4n) is 9.43. The van der Waals surface area contributed by atoms with E-state index < -0.39 is 19.8 Å². The third kappa shape index (κ3) is 4.77. The molecule has 0 aromatic rings. The molecule has 5 aliphatic rings. The molecule has 0 unspecified atom stereocenters. The first-order chi connectivity index (χ1) is 16.3. The Labute approximate surface area is 238 Å². The van der Waals surface area contributed by atoms with Crippen LogP contribution in [0.2, 0.25) is 0 Å². The minimum absolute atomic E-state index is 0.124. The van der Waals surface area contributed by atoms with Gasteiger partial charge in [0.05, 0.1) is 0 Å². The van der Waals surface area contributed by atoms with Gasteiger partial charge < -0.3 is 0 Å². The van der Waals surface area contributed by atoms with Gasteiger partial charge in [-0.15, -0.1) is 0 Å². The minimum atomic E-state index is -1.24. The van der Waals surface area contributed by atoms with Crippen molar-refractivity contribution in [2.75, 3.05) is 9.36 Å². The zero-order valence-corrected chi connectivity index (χ0v) is 28.7. The molecule has 4 aliphatic carbocycles. The molecule has 0 nitrogen and oxygen atoms in total. The zero-order valence-electron chi connectivity index (χ0n) is 22.3. The Morgan fingerprint density at radius 1 is 1.12 bits per heavy atom. The fourth-order valence-corrected chi connectivity index (χ4v) is 20.4. The summed E-state index contributed by atoms with van der Waals surface area (Å²) in [4.78, 5) is 2.56. The van der Waals surface area contributed by atoms with Crippen LogP contribution in [0.1, 0.15) is 85.5 Å². The normalized spacial score (nSPS) is 44.9. The summed E-state index contributed by atoms with van der Waals surface area (Å²) in [5.74, 6) is 6.31. The molecular weight excluding hydrogens is 753 g/mol. The Hall–Kier alpha value is 1.28. The van der Waals surface area contributed by atoms with E-state index in [1.807, 2.05) is 0 Å². The first-order valence-electron chi connectivity index (χ1n) is 14.0. The Kier molecular flexibility index (Phi) is 8.54. The Morgan fingerprint density at radius 2 is 1.91 bits per heavy atom. The van der Waals surface area contributed by atoms with Gasteiger partial charge >= 0.3 is 241 Å². The van der Waals surface area contributed by atoms with Gasteiger partial charge in [0, 0.05) is 0 Å². The number of allylic oxidation sites excluding steroid dienone is 4. The molecular formula is C31H48I3-. The molecule has 1 aliphatic heterocycles. The van der Waals surface area contributed by atoms with Gasteiger partial charge in [-0.3, -0.25) is 0 Å². The Morgan fingerprint density at radius 3 is 2.62 bits per heavy atom. The van der Waals surface area contributed by atoms with E-state index in [0.717, 1.165) is 42.9 Å². The van der Waals surface area contributed by atoms with E-state index >= 15 is 0 Å². The van der Waals surface area contributed by atoms with Gasteiger partial charge in [-0.05, 0) is 0 Å². The van der Waals surface area contributed by atoms with Crippen molar-refractivity contribution in [1.82, 2.24) is 0 Å². The van der Waals surface area contributed by atoms with Crippen molar-refractivity contribution >= 4 is 44.6 Å². The molecule has 3 heteroatoms. The molecule has 0 saturated heterocycles. The molecule has 194 valence electrons. The third-order valence-corrected chi connectivity index (χ3v) is 23.8. The number of alkyl halides is 4. The van der Waals surface area contributed by atoms with E-state index in [4.69, 9.17) is 6.58 Å². The molecule has 0 aromatic heterocycles. The van der Waals surface area contributed by atoms with Crippen molar-refractivity contribution < 1.29 is 21.2 Å². The van der Waals surface area contributed by atoms with Crippen LogP contribution in [0.15, 0.2) is 32.0 Å². The second kappa shape index (κ2) is 10.8. The molecule has 0 aromatic carbocycles. The van der Waals surface area contributed by atoms with Crippen molar-refractivity contribution in [3.63, 3.8) is 0 Å². The van der Waals surface area contributed by atoms with Crippen LogP contribution >= 0.6 is 40.6 Å². The summed E-state index contributed by atoms with van der Waals surface area (Å²) < 4.78 is 9.63. The molecule has 4 saturated carbocycles. The molecule has 0 N–H and O–H groups in total. The van der Waals surface area contributed by atoms with Crippen LogP contribution in [0.25, 0.3) is 0 Å². The number of fused-ring (bicyclic) bond motifs is 5. The molecule has 9 atom stereocenters. The summed E-state index contributed by atoms with van der Waals surface area (Å²) in [6, 6.07) is 0. The van der Waals surface area contributed by atoms with Gasteiger partial charge in [0.15, 0.2) is 0 Å². The van der Waals surface area contributed by atoms with Gasteiger partial charge in [0.25, 0.3) is 0 Å². The van der Waals surface area contributed by atoms with E-state index in [1.165, 1.54) is 22.8 Å². The summed E-state index contributed by atoms with van der Waals surface area (Å²) in [7, 11) is 0. The molecule has 0 spiro atoms. The summed E-state index contributed by atoms with van der Waals surface area (Å²) in [5.41, 5.74) is 2.16.